The molecule has 4 heteroatoms. The van der Waals surface area contributed by atoms with Gasteiger partial charge in [-0.15, -0.1) is 11.3 Å². The van der Waals surface area contributed by atoms with E-state index < -0.39 is 0 Å². The zero-order valence-electron chi connectivity index (χ0n) is 30.6. The first-order valence-electron chi connectivity index (χ1n) is 19.3. The number of hydrogen-bond acceptors (Lipinski definition) is 4. The van der Waals surface area contributed by atoms with Crippen LogP contribution < -0.4 is 0 Å². The van der Waals surface area contributed by atoms with E-state index in [4.69, 9.17) is 15.0 Å². The molecule has 0 atom stereocenters. The standard InChI is InChI=1S/C53H31N3S/c1-3-11-32(12-4-1)44-27-21-34-19-20-35-22-28-46(56-53(35)52(34)54-44)40-25-24-37(38-15-7-8-16-39(38)40)36-23-29-47-43(31-36)50-48(57-47)30-26-42-49(50)41-17-9-10-18-45(41)55-51(42)33-13-5-2-6-14-33/h1-31H. The first kappa shape index (κ1) is 32.0. The first-order valence-corrected chi connectivity index (χ1v) is 20.1. The van der Waals surface area contributed by atoms with Crippen molar-refractivity contribution in [2.75, 3.05) is 0 Å². The molecule has 0 spiro atoms. The smallest absolute Gasteiger partial charge is 0.0972 e. The number of aromatic nitrogens is 3. The molecule has 4 aromatic heterocycles. The minimum absolute atomic E-state index is 0.913. The molecule has 0 aliphatic rings. The van der Waals surface area contributed by atoms with Crippen LogP contribution in [0.5, 0.6) is 0 Å². The average Bonchev–Trinajstić information content (AvgIpc) is 3.67. The Morgan fingerprint density at radius 2 is 0.930 bits per heavy atom. The number of para-hydroxylation sites is 1. The minimum Gasteiger partial charge on any atom is -0.247 e. The highest BCUT2D eigenvalue weighted by Crippen LogP contribution is 2.45. The SMILES string of the molecule is c1ccc(-c2ccc3ccc4ccc(-c5ccc(-c6ccc7sc8ccc9c(-c%10ccccc%10)nc%10ccccc%10c9c8c7c6)c6ccccc56)nc4c3n2)cc1. The predicted molar refractivity (Wildman–Crippen MR) is 242 cm³/mol. The number of nitrogens with zero attached hydrogens (tertiary/aromatic N) is 3. The molecule has 0 radical (unpaired) electrons. The highest BCUT2D eigenvalue weighted by Gasteiger charge is 2.18. The molecule has 12 rings (SSSR count). The number of rotatable bonds is 4. The molecule has 0 aliphatic carbocycles. The maximum absolute atomic E-state index is 5.35. The summed E-state index contributed by atoms with van der Waals surface area (Å²) in [6, 6.07) is 67.2. The summed E-state index contributed by atoms with van der Waals surface area (Å²) >= 11 is 1.86. The average molecular weight is 742 g/mol. The molecule has 0 bridgehead atoms. The largest absolute Gasteiger partial charge is 0.247 e. The Morgan fingerprint density at radius 1 is 0.333 bits per heavy atom. The minimum atomic E-state index is 0.913. The van der Waals surface area contributed by atoms with Gasteiger partial charge in [-0.05, 0) is 58.3 Å². The van der Waals surface area contributed by atoms with E-state index in [9.17, 15) is 0 Å². The molecular formula is C53H31N3S. The molecule has 0 saturated heterocycles. The monoisotopic (exact) mass is 741 g/mol. The fraction of sp³-hybridized carbons (Fsp3) is 0. The quantitative estimate of drug-likeness (QED) is 0.169. The molecule has 0 saturated carbocycles. The van der Waals surface area contributed by atoms with Gasteiger partial charge in [0.25, 0.3) is 0 Å². The summed E-state index contributed by atoms with van der Waals surface area (Å²) in [5.74, 6) is 0. The molecule has 12 aromatic rings. The van der Waals surface area contributed by atoms with E-state index >= 15 is 0 Å². The van der Waals surface area contributed by atoms with Crippen LogP contribution in [0.2, 0.25) is 0 Å². The number of hydrogen-bond donors (Lipinski definition) is 0. The van der Waals surface area contributed by atoms with Crippen LogP contribution in [0.3, 0.4) is 0 Å². The van der Waals surface area contributed by atoms with Gasteiger partial charge in [0.15, 0.2) is 0 Å². The summed E-state index contributed by atoms with van der Waals surface area (Å²) in [6.45, 7) is 0. The van der Waals surface area contributed by atoms with Gasteiger partial charge >= 0.3 is 0 Å². The topological polar surface area (TPSA) is 38.7 Å². The second kappa shape index (κ2) is 12.6. The molecule has 4 heterocycles. The number of thiophene rings is 1. The Labute approximate surface area is 332 Å². The lowest BCUT2D eigenvalue weighted by Crippen LogP contribution is -1.92. The number of fused-ring (bicyclic) bond motifs is 11. The number of benzene rings is 8. The summed E-state index contributed by atoms with van der Waals surface area (Å²) in [7, 11) is 0. The van der Waals surface area contributed by atoms with Gasteiger partial charge in [0.1, 0.15) is 0 Å². The van der Waals surface area contributed by atoms with Crippen molar-refractivity contribution in [3.8, 4) is 44.9 Å². The summed E-state index contributed by atoms with van der Waals surface area (Å²) in [4.78, 5) is 15.7. The Morgan fingerprint density at radius 3 is 1.70 bits per heavy atom. The molecule has 264 valence electrons. The van der Waals surface area contributed by atoms with E-state index in [0.717, 1.165) is 61.1 Å². The normalized spacial score (nSPS) is 11.9. The Balaban J connectivity index is 1.05. The van der Waals surface area contributed by atoms with E-state index in [0.29, 0.717) is 0 Å². The van der Waals surface area contributed by atoms with Crippen molar-refractivity contribution in [2.45, 2.75) is 0 Å². The van der Waals surface area contributed by atoms with Crippen LogP contribution in [-0.2, 0) is 0 Å². The second-order valence-electron chi connectivity index (χ2n) is 14.7. The van der Waals surface area contributed by atoms with Crippen molar-refractivity contribution in [1.82, 2.24) is 15.0 Å². The molecule has 57 heavy (non-hydrogen) atoms. The fourth-order valence-corrected chi connectivity index (χ4v) is 9.85. The zero-order valence-corrected chi connectivity index (χ0v) is 31.5. The van der Waals surface area contributed by atoms with Crippen LogP contribution in [-0.4, -0.2) is 15.0 Å². The third-order valence-corrected chi connectivity index (χ3v) is 12.6. The van der Waals surface area contributed by atoms with Crippen molar-refractivity contribution >= 4 is 85.8 Å². The van der Waals surface area contributed by atoms with Crippen LogP contribution >= 0.6 is 11.3 Å². The Kier molecular flexibility index (Phi) is 7.10. The molecule has 0 aliphatic heterocycles. The molecular weight excluding hydrogens is 711 g/mol. The summed E-state index contributed by atoms with van der Waals surface area (Å²) < 4.78 is 2.56. The molecule has 0 amide bonds. The van der Waals surface area contributed by atoms with Crippen LogP contribution in [0.1, 0.15) is 0 Å². The van der Waals surface area contributed by atoms with Crippen LogP contribution in [0.4, 0.5) is 0 Å². The van der Waals surface area contributed by atoms with Crippen molar-refractivity contribution in [1.29, 1.82) is 0 Å². The van der Waals surface area contributed by atoms with Crippen molar-refractivity contribution in [3.05, 3.63) is 188 Å². The molecule has 8 aromatic carbocycles. The van der Waals surface area contributed by atoms with Gasteiger partial charge < -0.3 is 0 Å². The van der Waals surface area contributed by atoms with Gasteiger partial charge in [0, 0.05) is 63.8 Å². The van der Waals surface area contributed by atoms with E-state index in [2.05, 4.69) is 182 Å². The summed E-state index contributed by atoms with van der Waals surface area (Å²) in [6.07, 6.45) is 0. The Hall–Kier alpha value is -7.27. The summed E-state index contributed by atoms with van der Waals surface area (Å²) in [5.41, 5.74) is 11.5. The van der Waals surface area contributed by atoms with Crippen molar-refractivity contribution in [3.63, 3.8) is 0 Å². The van der Waals surface area contributed by atoms with Gasteiger partial charge in [0.05, 0.1) is 33.6 Å². The summed E-state index contributed by atoms with van der Waals surface area (Å²) in [5, 5.41) is 10.7. The third-order valence-electron chi connectivity index (χ3n) is 11.4. The second-order valence-corrected chi connectivity index (χ2v) is 15.8. The maximum atomic E-state index is 5.35. The molecule has 0 fully saturated rings. The van der Waals surface area contributed by atoms with E-state index in [1.165, 1.54) is 58.2 Å². The van der Waals surface area contributed by atoms with Gasteiger partial charge in [-0.1, -0.05) is 152 Å². The fourth-order valence-electron chi connectivity index (χ4n) is 8.75. The number of pyridine rings is 3. The lowest BCUT2D eigenvalue weighted by molar-refractivity contribution is 1.37. The predicted octanol–water partition coefficient (Wildman–Crippen LogP) is 14.7. The zero-order chi connectivity index (χ0) is 37.5. The van der Waals surface area contributed by atoms with E-state index in [1.54, 1.807) is 0 Å². The molecule has 0 unspecified atom stereocenters. The van der Waals surface area contributed by atoms with Crippen molar-refractivity contribution in [2.24, 2.45) is 0 Å². The molecule has 0 N–H and O–H groups in total. The third kappa shape index (κ3) is 5.08. The van der Waals surface area contributed by atoms with Crippen LogP contribution in [0, 0.1) is 0 Å². The highest BCUT2D eigenvalue weighted by molar-refractivity contribution is 7.26. The lowest BCUT2D eigenvalue weighted by atomic mass is 9.92. The van der Waals surface area contributed by atoms with Crippen LogP contribution in [0.25, 0.3) is 119 Å². The van der Waals surface area contributed by atoms with Gasteiger partial charge in [0.2, 0.25) is 0 Å². The maximum Gasteiger partial charge on any atom is 0.0972 e. The van der Waals surface area contributed by atoms with Gasteiger partial charge in [-0.25, -0.2) is 15.0 Å². The first-order chi connectivity index (χ1) is 28.2. The van der Waals surface area contributed by atoms with Gasteiger partial charge in [-0.3, -0.25) is 0 Å². The van der Waals surface area contributed by atoms with E-state index in [-0.39, 0.29) is 0 Å². The Bertz CT molecular complexity index is 3570. The van der Waals surface area contributed by atoms with Crippen molar-refractivity contribution < 1.29 is 0 Å². The van der Waals surface area contributed by atoms with E-state index in [1.807, 2.05) is 17.4 Å². The highest BCUT2D eigenvalue weighted by atomic mass is 32.1. The molecule has 3 nitrogen and oxygen atoms in total. The lowest BCUT2D eigenvalue weighted by Gasteiger charge is -2.13. The van der Waals surface area contributed by atoms with Gasteiger partial charge in [-0.2, -0.15) is 0 Å². The van der Waals surface area contributed by atoms with Crippen LogP contribution in [0.15, 0.2) is 188 Å².